The van der Waals surface area contributed by atoms with E-state index in [0.717, 1.165) is 22.0 Å². The van der Waals surface area contributed by atoms with Crippen molar-refractivity contribution in [2.45, 2.75) is 26.4 Å². The number of aliphatic hydroxyl groups is 1. The number of rotatable bonds is 4. The molecule has 18 heavy (non-hydrogen) atoms. The number of aryl methyl sites for hydroxylation is 3. The van der Waals surface area contributed by atoms with Gasteiger partial charge in [0.2, 0.25) is 5.88 Å². The molecule has 0 aliphatic heterocycles. The number of methoxy groups -OCH3 is 1. The minimum atomic E-state index is -0.640. The van der Waals surface area contributed by atoms with Gasteiger partial charge < -0.3 is 9.84 Å². The zero-order valence-corrected chi connectivity index (χ0v) is 11.8. The van der Waals surface area contributed by atoms with Crippen LogP contribution in [-0.2, 0) is 13.5 Å². The zero-order valence-electron chi connectivity index (χ0n) is 11.0. The molecule has 0 radical (unpaired) electrons. The lowest BCUT2D eigenvalue weighted by Crippen LogP contribution is -2.05. The van der Waals surface area contributed by atoms with Crippen LogP contribution in [0.3, 0.4) is 0 Å². The van der Waals surface area contributed by atoms with Gasteiger partial charge >= 0.3 is 0 Å². The first-order valence-electron chi connectivity index (χ1n) is 5.69. The maximum absolute atomic E-state index is 10.3. The summed E-state index contributed by atoms with van der Waals surface area (Å²) in [6.07, 6.45) is -0.152. The average molecular weight is 267 g/mol. The summed E-state index contributed by atoms with van der Waals surface area (Å²) < 4.78 is 6.92. The Balaban J connectivity index is 2.25. The number of thiazole rings is 1. The molecule has 2 rings (SSSR count). The molecule has 98 valence electrons. The number of hydrogen-bond donors (Lipinski definition) is 1. The van der Waals surface area contributed by atoms with Crippen molar-refractivity contribution in [3.8, 4) is 5.88 Å². The maximum Gasteiger partial charge on any atom is 0.217 e. The summed E-state index contributed by atoms with van der Waals surface area (Å²) in [7, 11) is 3.38. The van der Waals surface area contributed by atoms with E-state index in [4.69, 9.17) is 4.74 Å². The minimum absolute atomic E-state index is 0.488. The largest absolute Gasteiger partial charge is 0.481 e. The molecule has 1 atom stereocenters. The molecule has 0 fully saturated rings. The predicted molar refractivity (Wildman–Crippen MR) is 70.0 cm³/mol. The van der Waals surface area contributed by atoms with Crippen molar-refractivity contribution in [2.24, 2.45) is 7.05 Å². The van der Waals surface area contributed by atoms with Crippen molar-refractivity contribution in [3.63, 3.8) is 0 Å². The first-order valence-corrected chi connectivity index (χ1v) is 6.57. The van der Waals surface area contributed by atoms with Crippen LogP contribution >= 0.6 is 11.3 Å². The molecule has 0 amide bonds. The highest BCUT2D eigenvalue weighted by Gasteiger charge is 2.22. The molecule has 2 aromatic heterocycles. The molecule has 1 N–H and O–H groups in total. The van der Waals surface area contributed by atoms with E-state index < -0.39 is 6.10 Å². The summed E-state index contributed by atoms with van der Waals surface area (Å²) >= 11 is 1.56. The van der Waals surface area contributed by atoms with Crippen molar-refractivity contribution in [3.05, 3.63) is 27.3 Å². The van der Waals surface area contributed by atoms with Gasteiger partial charge in [-0.2, -0.15) is 5.10 Å². The van der Waals surface area contributed by atoms with E-state index in [0.29, 0.717) is 12.3 Å². The van der Waals surface area contributed by atoms with Crippen molar-refractivity contribution in [2.75, 3.05) is 7.11 Å². The molecular formula is C12H17N3O2S. The third-order valence-electron chi connectivity index (χ3n) is 2.78. The van der Waals surface area contributed by atoms with Crippen LogP contribution in [-0.4, -0.2) is 27.0 Å². The second kappa shape index (κ2) is 5.07. The fraction of sp³-hybridized carbons (Fsp3) is 0.500. The van der Waals surface area contributed by atoms with Crippen molar-refractivity contribution >= 4 is 11.3 Å². The van der Waals surface area contributed by atoms with Gasteiger partial charge in [-0.15, -0.1) is 11.3 Å². The number of ether oxygens (including phenoxy) is 1. The van der Waals surface area contributed by atoms with E-state index in [1.807, 2.05) is 19.2 Å². The Hall–Kier alpha value is -1.40. The van der Waals surface area contributed by atoms with Crippen molar-refractivity contribution in [1.82, 2.24) is 14.8 Å². The fourth-order valence-electron chi connectivity index (χ4n) is 2.04. The van der Waals surface area contributed by atoms with Crippen LogP contribution in [0.4, 0.5) is 0 Å². The van der Waals surface area contributed by atoms with Gasteiger partial charge in [0.1, 0.15) is 0 Å². The van der Waals surface area contributed by atoms with E-state index in [2.05, 4.69) is 10.1 Å². The van der Waals surface area contributed by atoms with Crippen molar-refractivity contribution < 1.29 is 9.84 Å². The highest BCUT2D eigenvalue weighted by atomic mass is 32.1. The van der Waals surface area contributed by atoms with Gasteiger partial charge in [-0.25, -0.2) is 9.67 Å². The Morgan fingerprint density at radius 1 is 1.50 bits per heavy atom. The molecule has 2 aromatic rings. The summed E-state index contributed by atoms with van der Waals surface area (Å²) in [6.45, 7) is 3.82. The van der Waals surface area contributed by atoms with Gasteiger partial charge in [-0.3, -0.25) is 0 Å². The lowest BCUT2D eigenvalue weighted by atomic mass is 10.1. The Bertz CT molecular complexity index is 548. The summed E-state index contributed by atoms with van der Waals surface area (Å²) in [4.78, 5) is 4.36. The summed E-state index contributed by atoms with van der Waals surface area (Å²) in [5.41, 5.74) is 2.51. The quantitative estimate of drug-likeness (QED) is 0.917. The third kappa shape index (κ3) is 2.39. The fourth-order valence-corrected chi connectivity index (χ4v) is 2.85. The van der Waals surface area contributed by atoms with Crippen LogP contribution in [0.25, 0.3) is 0 Å². The molecular weight excluding hydrogens is 250 g/mol. The first kappa shape index (κ1) is 13.0. The molecule has 0 aliphatic carbocycles. The van der Waals surface area contributed by atoms with Crippen LogP contribution in [0, 0.1) is 13.8 Å². The Labute approximate surface area is 110 Å². The number of aliphatic hydroxyl groups excluding tert-OH is 1. The van der Waals surface area contributed by atoms with Crippen LogP contribution in [0.2, 0.25) is 0 Å². The van der Waals surface area contributed by atoms with Crippen LogP contribution in [0.5, 0.6) is 5.88 Å². The molecule has 0 aromatic carbocycles. The number of aromatic nitrogens is 3. The Morgan fingerprint density at radius 2 is 2.22 bits per heavy atom. The Morgan fingerprint density at radius 3 is 2.78 bits per heavy atom. The second-order valence-electron chi connectivity index (χ2n) is 4.23. The smallest absolute Gasteiger partial charge is 0.217 e. The lowest BCUT2D eigenvalue weighted by molar-refractivity contribution is 0.172. The zero-order chi connectivity index (χ0) is 13.3. The third-order valence-corrected chi connectivity index (χ3v) is 3.76. The minimum Gasteiger partial charge on any atom is -0.481 e. The molecule has 5 nitrogen and oxygen atoms in total. The average Bonchev–Trinajstić information content (AvgIpc) is 2.82. The molecule has 0 spiro atoms. The normalized spacial score (nSPS) is 12.7. The molecule has 2 heterocycles. The molecule has 0 aliphatic rings. The van der Waals surface area contributed by atoms with Gasteiger partial charge in [0.25, 0.3) is 0 Å². The highest BCUT2D eigenvalue weighted by Crippen LogP contribution is 2.30. The second-order valence-corrected chi connectivity index (χ2v) is 5.18. The van der Waals surface area contributed by atoms with Gasteiger partial charge in [0.05, 0.1) is 29.5 Å². The molecule has 0 bridgehead atoms. The van der Waals surface area contributed by atoms with E-state index >= 15 is 0 Å². The Kier molecular flexibility index (Phi) is 3.68. The van der Waals surface area contributed by atoms with E-state index in [9.17, 15) is 5.11 Å². The van der Waals surface area contributed by atoms with Gasteiger partial charge in [0.15, 0.2) is 0 Å². The van der Waals surface area contributed by atoms with Crippen LogP contribution in [0.1, 0.15) is 28.1 Å². The maximum atomic E-state index is 10.3. The lowest BCUT2D eigenvalue weighted by Gasteiger charge is -2.10. The summed E-state index contributed by atoms with van der Waals surface area (Å²) in [6, 6.07) is 0. The van der Waals surface area contributed by atoms with Gasteiger partial charge in [-0.05, 0) is 13.8 Å². The van der Waals surface area contributed by atoms with Crippen molar-refractivity contribution in [1.29, 1.82) is 0 Å². The van der Waals surface area contributed by atoms with Gasteiger partial charge in [-0.1, -0.05) is 0 Å². The molecule has 1 unspecified atom stereocenters. The SMILES string of the molecule is COc1c(C(O)Cc2nc(C)cs2)c(C)nn1C. The summed E-state index contributed by atoms with van der Waals surface area (Å²) in [5.74, 6) is 0.605. The van der Waals surface area contributed by atoms with Gasteiger partial charge in [0, 0.05) is 24.5 Å². The van der Waals surface area contributed by atoms with E-state index in [1.165, 1.54) is 0 Å². The molecule has 6 heteroatoms. The molecule has 0 saturated carbocycles. The first-order chi connectivity index (χ1) is 8.52. The van der Waals surface area contributed by atoms with E-state index in [-0.39, 0.29) is 0 Å². The number of hydrogen-bond acceptors (Lipinski definition) is 5. The van der Waals surface area contributed by atoms with E-state index in [1.54, 1.807) is 30.2 Å². The standard InChI is InChI=1S/C12H17N3O2S/c1-7-6-18-10(13-7)5-9(16)11-8(2)14-15(3)12(11)17-4/h6,9,16H,5H2,1-4H3. The summed E-state index contributed by atoms with van der Waals surface area (Å²) in [5, 5.41) is 17.5. The topological polar surface area (TPSA) is 60.2 Å². The molecule has 0 saturated heterocycles. The highest BCUT2D eigenvalue weighted by molar-refractivity contribution is 7.09. The monoisotopic (exact) mass is 267 g/mol. The number of nitrogens with zero attached hydrogens (tertiary/aromatic N) is 3. The predicted octanol–water partition coefficient (Wildman–Crippen LogP) is 1.78. The van der Waals surface area contributed by atoms with Crippen LogP contribution < -0.4 is 4.74 Å². The van der Waals surface area contributed by atoms with Crippen LogP contribution in [0.15, 0.2) is 5.38 Å².